The van der Waals surface area contributed by atoms with Crippen molar-refractivity contribution in [1.82, 2.24) is 4.98 Å². The Morgan fingerprint density at radius 2 is 1.76 bits per heavy atom. The van der Waals surface area contributed by atoms with E-state index in [-0.39, 0.29) is 11.1 Å². The zero-order valence-electron chi connectivity index (χ0n) is 15.9. The summed E-state index contributed by atoms with van der Waals surface area (Å²) in [5.41, 5.74) is 7.62. The number of primary amides is 1. The first-order chi connectivity index (χ1) is 14.0. The highest BCUT2D eigenvalue weighted by Gasteiger charge is 2.19. The maximum absolute atomic E-state index is 13.1. The monoisotopic (exact) mass is 390 g/mol. The number of fused-ring (bicyclic) bond motifs is 1. The fourth-order valence-corrected chi connectivity index (χ4v) is 3.78. The fourth-order valence-electron chi connectivity index (χ4n) is 3.78. The Kier molecular flexibility index (Phi) is 5.03. The number of anilines is 2. The fraction of sp³-hybridized carbons (Fsp3) is 0.227. The number of amides is 2. The van der Waals surface area contributed by atoms with Crippen molar-refractivity contribution in [2.24, 2.45) is 5.73 Å². The van der Waals surface area contributed by atoms with E-state index < -0.39 is 11.8 Å². The predicted molar refractivity (Wildman–Crippen MR) is 114 cm³/mol. The summed E-state index contributed by atoms with van der Waals surface area (Å²) in [6, 6.07) is 13.5. The van der Waals surface area contributed by atoms with Crippen molar-refractivity contribution in [3.05, 3.63) is 70.0 Å². The zero-order chi connectivity index (χ0) is 20.4. The molecule has 1 aromatic heterocycles. The molecule has 1 aliphatic rings. The Bertz CT molecular complexity index is 1150. The van der Waals surface area contributed by atoms with Gasteiger partial charge in [0, 0.05) is 35.6 Å². The number of piperidine rings is 1. The largest absolute Gasteiger partial charge is 0.370 e. The number of pyridine rings is 1. The van der Waals surface area contributed by atoms with Gasteiger partial charge in [-0.1, -0.05) is 18.2 Å². The number of nitrogens with one attached hydrogen (secondary N) is 2. The lowest BCUT2D eigenvalue weighted by molar-refractivity contribution is 0.0996. The van der Waals surface area contributed by atoms with Crippen LogP contribution in [0.3, 0.4) is 0 Å². The molecule has 1 saturated heterocycles. The van der Waals surface area contributed by atoms with Crippen molar-refractivity contribution in [1.29, 1.82) is 0 Å². The van der Waals surface area contributed by atoms with E-state index in [0.29, 0.717) is 22.2 Å². The van der Waals surface area contributed by atoms with Crippen molar-refractivity contribution in [2.75, 3.05) is 23.3 Å². The third kappa shape index (κ3) is 3.85. The number of H-pyrrole nitrogens is 1. The van der Waals surface area contributed by atoms with Gasteiger partial charge in [0.25, 0.3) is 5.91 Å². The summed E-state index contributed by atoms with van der Waals surface area (Å²) in [5, 5.41) is 3.55. The van der Waals surface area contributed by atoms with Gasteiger partial charge in [0.1, 0.15) is 0 Å². The molecule has 0 spiro atoms. The lowest BCUT2D eigenvalue weighted by atomic mass is 10.1. The maximum atomic E-state index is 13.1. The molecule has 29 heavy (non-hydrogen) atoms. The van der Waals surface area contributed by atoms with Crippen LogP contribution in [0.2, 0.25) is 0 Å². The second-order valence-electron chi connectivity index (χ2n) is 7.19. The quantitative estimate of drug-likeness (QED) is 0.636. The van der Waals surface area contributed by atoms with E-state index >= 15 is 0 Å². The second kappa shape index (κ2) is 7.79. The van der Waals surface area contributed by atoms with E-state index in [1.807, 2.05) is 12.1 Å². The first kappa shape index (κ1) is 18.7. The van der Waals surface area contributed by atoms with Gasteiger partial charge in [-0.2, -0.15) is 0 Å². The minimum atomic E-state index is -0.563. The molecule has 2 aromatic carbocycles. The number of para-hydroxylation sites is 1. The molecule has 7 heteroatoms. The van der Waals surface area contributed by atoms with Gasteiger partial charge in [0.05, 0.1) is 16.9 Å². The summed E-state index contributed by atoms with van der Waals surface area (Å²) >= 11 is 0. The number of benzene rings is 2. The Morgan fingerprint density at radius 1 is 1.00 bits per heavy atom. The van der Waals surface area contributed by atoms with Crippen LogP contribution < -0.4 is 21.5 Å². The van der Waals surface area contributed by atoms with E-state index in [1.54, 1.807) is 30.3 Å². The van der Waals surface area contributed by atoms with Gasteiger partial charge in [-0.15, -0.1) is 0 Å². The molecule has 2 amide bonds. The highest BCUT2D eigenvalue weighted by molar-refractivity contribution is 6.13. The summed E-state index contributed by atoms with van der Waals surface area (Å²) in [4.78, 5) is 41.7. The van der Waals surface area contributed by atoms with Gasteiger partial charge in [0.2, 0.25) is 11.5 Å². The first-order valence-electron chi connectivity index (χ1n) is 9.65. The zero-order valence-corrected chi connectivity index (χ0v) is 15.9. The van der Waals surface area contributed by atoms with Crippen molar-refractivity contribution in [3.63, 3.8) is 0 Å². The van der Waals surface area contributed by atoms with Crippen molar-refractivity contribution in [3.8, 4) is 0 Å². The number of carbonyl (C=O) groups excluding carboxylic acids is 2. The second-order valence-corrected chi connectivity index (χ2v) is 7.19. The SMILES string of the molecule is NC(=O)c1ccc(N2CCCCC2)c(NC(=O)c2cc(=O)[nH]c3ccccc23)c1. The summed E-state index contributed by atoms with van der Waals surface area (Å²) in [7, 11) is 0. The molecular formula is C22H22N4O3. The van der Waals surface area contributed by atoms with E-state index in [0.717, 1.165) is 31.6 Å². The number of carbonyl (C=O) groups is 2. The molecule has 7 nitrogen and oxygen atoms in total. The van der Waals surface area contributed by atoms with E-state index in [4.69, 9.17) is 5.73 Å². The van der Waals surface area contributed by atoms with Crippen LogP contribution >= 0.6 is 0 Å². The number of hydrogen-bond donors (Lipinski definition) is 3. The molecule has 2 heterocycles. The topological polar surface area (TPSA) is 108 Å². The Labute approximate surface area is 167 Å². The first-order valence-corrected chi connectivity index (χ1v) is 9.65. The third-order valence-electron chi connectivity index (χ3n) is 5.22. The van der Waals surface area contributed by atoms with Gasteiger partial charge in [-0.3, -0.25) is 14.4 Å². The van der Waals surface area contributed by atoms with Crippen molar-refractivity contribution >= 4 is 34.1 Å². The van der Waals surface area contributed by atoms with Gasteiger partial charge in [0.15, 0.2) is 0 Å². The molecule has 0 aliphatic carbocycles. The minimum Gasteiger partial charge on any atom is -0.370 e. The van der Waals surface area contributed by atoms with Crippen LogP contribution in [-0.2, 0) is 0 Å². The normalized spacial score (nSPS) is 14.0. The molecule has 3 aromatic rings. The van der Waals surface area contributed by atoms with Crippen LogP contribution in [0.5, 0.6) is 0 Å². The van der Waals surface area contributed by atoms with Crippen LogP contribution in [-0.4, -0.2) is 29.9 Å². The Morgan fingerprint density at radius 3 is 2.52 bits per heavy atom. The molecule has 0 atom stereocenters. The number of rotatable bonds is 4. The molecule has 0 bridgehead atoms. The molecular weight excluding hydrogens is 368 g/mol. The average molecular weight is 390 g/mol. The lowest BCUT2D eigenvalue weighted by Gasteiger charge is -2.30. The Balaban J connectivity index is 1.75. The molecule has 4 N–H and O–H groups in total. The minimum absolute atomic E-state index is 0.276. The van der Waals surface area contributed by atoms with Crippen LogP contribution in [0.1, 0.15) is 40.0 Å². The molecule has 0 unspecified atom stereocenters. The van der Waals surface area contributed by atoms with Crippen LogP contribution in [0.15, 0.2) is 53.3 Å². The third-order valence-corrected chi connectivity index (χ3v) is 5.22. The molecule has 1 aliphatic heterocycles. The Hall–Kier alpha value is -3.61. The number of nitrogens with zero attached hydrogens (tertiary/aromatic N) is 1. The van der Waals surface area contributed by atoms with Gasteiger partial charge in [-0.25, -0.2) is 0 Å². The summed E-state index contributed by atoms with van der Waals surface area (Å²) < 4.78 is 0. The number of aromatic nitrogens is 1. The van der Waals surface area contributed by atoms with Gasteiger partial charge in [-0.05, 0) is 43.5 Å². The molecule has 4 rings (SSSR count). The maximum Gasteiger partial charge on any atom is 0.256 e. The summed E-state index contributed by atoms with van der Waals surface area (Å²) in [6.07, 6.45) is 3.32. The molecule has 0 radical (unpaired) electrons. The number of aromatic amines is 1. The van der Waals surface area contributed by atoms with E-state index in [9.17, 15) is 14.4 Å². The number of nitrogens with two attached hydrogens (primary N) is 1. The van der Waals surface area contributed by atoms with Crippen molar-refractivity contribution < 1.29 is 9.59 Å². The van der Waals surface area contributed by atoms with Gasteiger partial charge < -0.3 is 20.9 Å². The number of hydrogen-bond acceptors (Lipinski definition) is 4. The van der Waals surface area contributed by atoms with E-state index in [1.165, 1.54) is 12.5 Å². The van der Waals surface area contributed by atoms with Crippen LogP contribution in [0.25, 0.3) is 10.9 Å². The summed E-state index contributed by atoms with van der Waals surface area (Å²) in [5.74, 6) is -0.973. The summed E-state index contributed by atoms with van der Waals surface area (Å²) in [6.45, 7) is 1.76. The van der Waals surface area contributed by atoms with Gasteiger partial charge >= 0.3 is 0 Å². The molecule has 1 fully saturated rings. The van der Waals surface area contributed by atoms with Crippen molar-refractivity contribution in [2.45, 2.75) is 19.3 Å². The lowest BCUT2D eigenvalue weighted by Crippen LogP contribution is -2.30. The van der Waals surface area contributed by atoms with Crippen LogP contribution in [0.4, 0.5) is 11.4 Å². The van der Waals surface area contributed by atoms with Crippen LogP contribution in [0, 0.1) is 0 Å². The highest BCUT2D eigenvalue weighted by atomic mass is 16.2. The predicted octanol–water partition coefficient (Wildman–Crippen LogP) is 2.87. The van der Waals surface area contributed by atoms with E-state index in [2.05, 4.69) is 15.2 Å². The smallest absolute Gasteiger partial charge is 0.256 e. The standard InChI is InChI=1S/C22H22N4O3/c23-21(28)14-8-9-19(26-10-4-1-5-11-26)18(12-14)25-22(29)16-13-20(27)24-17-7-3-2-6-15(16)17/h2-3,6-9,12-13H,1,4-5,10-11H2,(H2,23,28)(H,24,27)(H,25,29). The highest BCUT2D eigenvalue weighted by Crippen LogP contribution is 2.30. The average Bonchev–Trinajstić information content (AvgIpc) is 2.73. The molecule has 0 saturated carbocycles. The molecule has 148 valence electrons.